The van der Waals surface area contributed by atoms with Crippen LogP contribution >= 0.6 is 11.8 Å². The Morgan fingerprint density at radius 2 is 1.77 bits per heavy atom. The van der Waals surface area contributed by atoms with Crippen molar-refractivity contribution in [2.45, 2.75) is 64.0 Å². The number of nitrogens with zero attached hydrogens (tertiary/aromatic N) is 2. The highest BCUT2D eigenvalue weighted by atomic mass is 32.2. The summed E-state index contributed by atoms with van der Waals surface area (Å²) in [7, 11) is 0. The molecule has 0 radical (unpaired) electrons. The molecule has 204 valence electrons. The number of thioether (sulfide) groups is 1. The average Bonchev–Trinajstić information content (AvgIpc) is 2.88. The smallest absolute Gasteiger partial charge is 0.162 e. The molecule has 4 nitrogen and oxygen atoms in total. The van der Waals surface area contributed by atoms with Crippen molar-refractivity contribution in [1.82, 2.24) is 0 Å². The second-order valence-corrected chi connectivity index (χ2v) is 12.7. The number of hydrogen-bond acceptors (Lipinski definition) is 5. The molecule has 1 aliphatic heterocycles. The van der Waals surface area contributed by atoms with E-state index in [0.717, 1.165) is 33.7 Å². The molecule has 40 heavy (non-hydrogen) atoms. The maximum Gasteiger partial charge on any atom is 0.162 e. The standard InChI is InChI=1S/C34H34FN3OS/c1-20-9-11-26(12-10-20)40-19-23-13-21(2)14-27(22(23)3)31-28(18-36)33(37)38(25-8-6-7-24(35)15-25)29-16-34(4,5)17-30(39)32(29)31/h6-15,31H,16-17,19,37H2,1-5H3. The van der Waals surface area contributed by atoms with E-state index in [4.69, 9.17) is 5.73 Å². The van der Waals surface area contributed by atoms with Crippen LogP contribution in [0.3, 0.4) is 0 Å². The molecule has 2 aliphatic rings. The Hall–Kier alpha value is -3.82. The summed E-state index contributed by atoms with van der Waals surface area (Å²) in [6.45, 7) is 10.3. The van der Waals surface area contributed by atoms with E-state index in [1.165, 1.54) is 22.6 Å². The van der Waals surface area contributed by atoms with Crippen molar-refractivity contribution in [2.24, 2.45) is 11.1 Å². The Kier molecular flexibility index (Phi) is 7.37. The fourth-order valence-electron chi connectivity index (χ4n) is 5.94. The lowest BCUT2D eigenvalue weighted by molar-refractivity contribution is -0.118. The summed E-state index contributed by atoms with van der Waals surface area (Å²) in [6.07, 6.45) is 0.959. The normalized spacial score (nSPS) is 18.6. The van der Waals surface area contributed by atoms with Crippen molar-refractivity contribution in [2.75, 3.05) is 4.90 Å². The second-order valence-electron chi connectivity index (χ2n) is 11.7. The maximum absolute atomic E-state index is 14.3. The summed E-state index contributed by atoms with van der Waals surface area (Å²) >= 11 is 1.77. The van der Waals surface area contributed by atoms with E-state index in [1.54, 1.807) is 28.8 Å². The fraction of sp³-hybridized carbons (Fsp3) is 0.294. The van der Waals surface area contributed by atoms with Gasteiger partial charge in [0, 0.05) is 28.3 Å². The number of nitriles is 1. The summed E-state index contributed by atoms with van der Waals surface area (Å²) in [5.41, 5.74) is 14.1. The molecule has 5 rings (SSSR count). The monoisotopic (exact) mass is 551 g/mol. The summed E-state index contributed by atoms with van der Waals surface area (Å²) in [5, 5.41) is 10.5. The quantitative estimate of drug-likeness (QED) is 0.326. The van der Waals surface area contributed by atoms with Crippen LogP contribution in [-0.4, -0.2) is 5.78 Å². The minimum Gasteiger partial charge on any atom is -0.384 e. The average molecular weight is 552 g/mol. The number of benzene rings is 3. The number of rotatable bonds is 5. The van der Waals surface area contributed by atoms with Crippen LogP contribution in [0.15, 0.2) is 88.2 Å². The van der Waals surface area contributed by atoms with Gasteiger partial charge in [0.2, 0.25) is 0 Å². The van der Waals surface area contributed by atoms with E-state index in [9.17, 15) is 14.4 Å². The molecule has 0 saturated heterocycles. The Morgan fingerprint density at radius 1 is 1.05 bits per heavy atom. The molecule has 1 aliphatic carbocycles. The molecule has 0 amide bonds. The molecule has 0 bridgehead atoms. The van der Waals surface area contributed by atoms with Crippen molar-refractivity contribution >= 4 is 23.2 Å². The molecule has 3 aromatic carbocycles. The first-order chi connectivity index (χ1) is 19.0. The van der Waals surface area contributed by atoms with E-state index >= 15 is 0 Å². The van der Waals surface area contributed by atoms with Gasteiger partial charge in [-0.1, -0.05) is 55.3 Å². The van der Waals surface area contributed by atoms with Gasteiger partial charge in [0.05, 0.1) is 23.2 Å². The first-order valence-corrected chi connectivity index (χ1v) is 14.5. The fourth-order valence-corrected chi connectivity index (χ4v) is 6.89. The lowest BCUT2D eigenvalue weighted by Crippen LogP contribution is -2.42. The third-order valence-corrected chi connectivity index (χ3v) is 8.93. The molecule has 6 heteroatoms. The van der Waals surface area contributed by atoms with Crippen molar-refractivity contribution in [3.8, 4) is 6.07 Å². The molecule has 2 N–H and O–H groups in total. The predicted octanol–water partition coefficient (Wildman–Crippen LogP) is 7.98. The zero-order valence-electron chi connectivity index (χ0n) is 23.6. The van der Waals surface area contributed by atoms with Gasteiger partial charge in [-0.05, 0) is 79.6 Å². The van der Waals surface area contributed by atoms with Crippen LogP contribution in [0.2, 0.25) is 0 Å². The molecule has 0 saturated carbocycles. The summed E-state index contributed by atoms with van der Waals surface area (Å²) in [5.74, 6) is 0.0454. The van der Waals surface area contributed by atoms with Crippen LogP contribution in [-0.2, 0) is 10.5 Å². The first-order valence-electron chi connectivity index (χ1n) is 13.5. The first kappa shape index (κ1) is 27.7. The van der Waals surface area contributed by atoms with Gasteiger partial charge >= 0.3 is 0 Å². The third kappa shape index (κ3) is 5.19. The Balaban J connectivity index is 1.67. The Morgan fingerprint density at radius 3 is 2.45 bits per heavy atom. The Bertz CT molecular complexity index is 1610. The van der Waals surface area contributed by atoms with Gasteiger partial charge in [-0.3, -0.25) is 9.69 Å². The number of aryl methyl sites for hydroxylation is 2. The molecule has 0 aromatic heterocycles. The summed E-state index contributed by atoms with van der Waals surface area (Å²) < 4.78 is 14.3. The SMILES string of the molecule is Cc1ccc(SCc2cc(C)cc(C3C(C#N)=C(N)N(c4cccc(F)c4)C4=C3C(=O)CC(C)(C)C4)c2C)cc1. The van der Waals surface area contributed by atoms with Crippen LogP contribution < -0.4 is 10.6 Å². The lowest BCUT2D eigenvalue weighted by Gasteiger charge is -2.44. The van der Waals surface area contributed by atoms with Gasteiger partial charge in [-0.2, -0.15) is 5.26 Å². The number of carbonyl (C=O) groups is 1. The highest BCUT2D eigenvalue weighted by Gasteiger charge is 2.45. The maximum atomic E-state index is 14.3. The number of Topliss-reactive ketones (excluding diaryl/α,β-unsaturated/α-hetero) is 1. The van der Waals surface area contributed by atoms with Gasteiger partial charge in [0.1, 0.15) is 11.6 Å². The van der Waals surface area contributed by atoms with Crippen molar-refractivity contribution in [1.29, 1.82) is 5.26 Å². The number of allylic oxidation sites excluding steroid dienone is 3. The van der Waals surface area contributed by atoms with E-state index < -0.39 is 11.7 Å². The molecule has 3 aromatic rings. The van der Waals surface area contributed by atoms with Crippen LogP contribution in [0.5, 0.6) is 0 Å². The molecule has 1 heterocycles. The predicted molar refractivity (Wildman–Crippen MR) is 160 cm³/mol. The van der Waals surface area contributed by atoms with Gasteiger partial charge in [-0.25, -0.2) is 4.39 Å². The Labute approximate surface area is 240 Å². The van der Waals surface area contributed by atoms with Crippen LogP contribution in [0.1, 0.15) is 60.4 Å². The molecule has 0 spiro atoms. The highest BCUT2D eigenvalue weighted by molar-refractivity contribution is 7.98. The summed E-state index contributed by atoms with van der Waals surface area (Å²) in [6, 6.07) is 21.3. The minimum atomic E-state index is -0.573. The van der Waals surface area contributed by atoms with Gasteiger partial charge in [0.25, 0.3) is 0 Å². The van der Waals surface area contributed by atoms with Gasteiger partial charge in [0.15, 0.2) is 5.78 Å². The van der Waals surface area contributed by atoms with E-state index in [2.05, 4.69) is 70.2 Å². The number of nitrogens with two attached hydrogens (primary N) is 1. The zero-order chi connectivity index (χ0) is 28.8. The van der Waals surface area contributed by atoms with Crippen LogP contribution in [0.25, 0.3) is 0 Å². The van der Waals surface area contributed by atoms with E-state index in [0.29, 0.717) is 29.7 Å². The van der Waals surface area contributed by atoms with Crippen molar-refractivity contribution in [3.05, 3.63) is 117 Å². The lowest BCUT2D eigenvalue weighted by atomic mass is 9.68. The van der Waals surface area contributed by atoms with E-state index in [1.807, 2.05) is 6.92 Å². The minimum absolute atomic E-state index is 0.00869. The number of ketones is 1. The zero-order valence-corrected chi connectivity index (χ0v) is 24.5. The van der Waals surface area contributed by atoms with Crippen molar-refractivity contribution < 1.29 is 9.18 Å². The van der Waals surface area contributed by atoms with E-state index in [-0.39, 0.29) is 17.0 Å². The van der Waals surface area contributed by atoms with Gasteiger partial charge in [-0.15, -0.1) is 11.8 Å². The molecule has 0 fully saturated rings. The molecular weight excluding hydrogens is 517 g/mol. The number of hydrogen-bond donors (Lipinski definition) is 1. The number of carbonyl (C=O) groups excluding carboxylic acids is 1. The second kappa shape index (κ2) is 10.6. The summed E-state index contributed by atoms with van der Waals surface area (Å²) in [4.78, 5) is 16.8. The largest absolute Gasteiger partial charge is 0.384 e. The van der Waals surface area contributed by atoms with Gasteiger partial charge < -0.3 is 5.73 Å². The van der Waals surface area contributed by atoms with Crippen molar-refractivity contribution in [3.63, 3.8) is 0 Å². The molecule has 1 atom stereocenters. The third-order valence-electron chi connectivity index (χ3n) is 7.87. The number of anilines is 1. The molecular formula is C34H34FN3OS. The van der Waals surface area contributed by atoms with Crippen LogP contribution in [0.4, 0.5) is 10.1 Å². The highest BCUT2D eigenvalue weighted by Crippen LogP contribution is 2.51. The topological polar surface area (TPSA) is 70.1 Å². The molecule has 1 unspecified atom stereocenters. The number of halogens is 1. The van der Waals surface area contributed by atoms with Crippen LogP contribution in [0, 0.1) is 43.3 Å².